The first-order chi connectivity index (χ1) is 19.2. The number of hydrogen-bond donors (Lipinski definition) is 4. The summed E-state index contributed by atoms with van der Waals surface area (Å²) in [5.74, 6) is -0.889. The summed E-state index contributed by atoms with van der Waals surface area (Å²) in [6.07, 6.45) is -0.783. The molecule has 222 valence electrons. The van der Waals surface area contributed by atoms with E-state index in [4.69, 9.17) is 9.26 Å². The van der Waals surface area contributed by atoms with Gasteiger partial charge in [0.1, 0.15) is 23.4 Å². The third-order valence-corrected chi connectivity index (χ3v) is 7.56. The maximum atomic E-state index is 14.0. The van der Waals surface area contributed by atoms with Gasteiger partial charge in [-0.15, -0.1) is 0 Å². The molecular weight excluding hydrogens is 556 g/mol. The number of aliphatic hydroxyl groups excluding tert-OH is 1. The molecule has 3 atom stereocenters. The summed E-state index contributed by atoms with van der Waals surface area (Å²) in [6, 6.07) is 6.73. The van der Waals surface area contributed by atoms with Crippen LogP contribution in [0.15, 0.2) is 30.5 Å². The second-order valence-corrected chi connectivity index (χ2v) is 11.7. The lowest BCUT2D eigenvalue weighted by Gasteiger charge is -2.29. The van der Waals surface area contributed by atoms with Gasteiger partial charge in [-0.3, -0.25) is 14.3 Å². The van der Waals surface area contributed by atoms with E-state index in [1.807, 2.05) is 33.8 Å². The van der Waals surface area contributed by atoms with Gasteiger partial charge < -0.3 is 29.5 Å². The van der Waals surface area contributed by atoms with Gasteiger partial charge in [-0.05, 0) is 49.9 Å². The van der Waals surface area contributed by atoms with Crippen molar-refractivity contribution in [3.8, 4) is 5.75 Å². The molecule has 1 amide bonds. The number of aromatic nitrogens is 4. The maximum Gasteiger partial charge on any atom is 0.391 e. The van der Waals surface area contributed by atoms with Gasteiger partial charge in [0, 0.05) is 36.2 Å². The molecule has 0 radical (unpaired) electrons. The van der Waals surface area contributed by atoms with Gasteiger partial charge in [0.2, 0.25) is 0 Å². The highest BCUT2D eigenvalue weighted by Crippen LogP contribution is 2.42. The zero-order valence-electron chi connectivity index (χ0n) is 23.5. The summed E-state index contributed by atoms with van der Waals surface area (Å²) in [5, 5.41) is 21.1. The fourth-order valence-electron chi connectivity index (χ4n) is 5.41. The Morgan fingerprint density at radius 2 is 1.95 bits per heavy atom. The van der Waals surface area contributed by atoms with Crippen molar-refractivity contribution >= 4 is 26.3 Å². The Morgan fingerprint density at radius 1 is 1.22 bits per heavy atom. The monoisotopic (exact) mass is 591 g/mol. The molecule has 4 rings (SSSR count). The Morgan fingerprint density at radius 3 is 2.56 bits per heavy atom. The van der Waals surface area contributed by atoms with Crippen molar-refractivity contribution in [2.24, 2.45) is 7.05 Å². The van der Waals surface area contributed by atoms with Gasteiger partial charge in [0.15, 0.2) is 6.73 Å². The molecule has 3 unspecified atom stereocenters. The van der Waals surface area contributed by atoms with E-state index >= 15 is 0 Å². The van der Waals surface area contributed by atoms with E-state index in [0.29, 0.717) is 17.0 Å². The predicted molar refractivity (Wildman–Crippen MR) is 148 cm³/mol. The number of benzene rings is 1. The number of carbonyl (C=O) groups is 2. The van der Waals surface area contributed by atoms with Crippen LogP contribution in [0.25, 0.3) is 0 Å². The molecule has 1 fully saturated rings. The highest BCUT2D eigenvalue weighted by atomic mass is 31.2. The van der Waals surface area contributed by atoms with Crippen LogP contribution in [0.2, 0.25) is 0 Å². The number of nitrogens with one attached hydrogen (secondary N) is 1. The Labute approximate surface area is 238 Å². The molecule has 2 heterocycles. The summed E-state index contributed by atoms with van der Waals surface area (Å²) < 4.78 is 27.6. The SMILES string of the molecule is Cc1cc(C)c(C(C)(C)CC(=O)OCn2nc(C3CC(O)C(F)C3)cc2NC(=O)c2ccnn2C)c(OP(O)O)c1. The van der Waals surface area contributed by atoms with Crippen molar-refractivity contribution in [2.45, 2.75) is 77.3 Å². The summed E-state index contributed by atoms with van der Waals surface area (Å²) in [7, 11) is -1.04. The molecule has 3 aromatic rings. The van der Waals surface area contributed by atoms with Crippen LogP contribution < -0.4 is 9.84 Å². The lowest BCUT2D eigenvalue weighted by molar-refractivity contribution is -0.149. The summed E-state index contributed by atoms with van der Waals surface area (Å²) >= 11 is 0. The van der Waals surface area contributed by atoms with Crippen molar-refractivity contribution in [3.05, 3.63) is 58.5 Å². The van der Waals surface area contributed by atoms with Gasteiger partial charge in [-0.2, -0.15) is 10.2 Å². The van der Waals surface area contributed by atoms with E-state index in [2.05, 4.69) is 15.5 Å². The van der Waals surface area contributed by atoms with Crippen LogP contribution in [0.5, 0.6) is 5.75 Å². The van der Waals surface area contributed by atoms with E-state index in [1.165, 1.54) is 15.6 Å². The number of esters is 1. The predicted octanol–water partition coefficient (Wildman–Crippen LogP) is 3.52. The van der Waals surface area contributed by atoms with Gasteiger partial charge in [0.05, 0.1) is 18.2 Å². The number of carbonyl (C=O) groups excluding carboxylic acids is 2. The molecule has 2 aromatic heterocycles. The first kappa shape index (κ1) is 30.6. The van der Waals surface area contributed by atoms with Crippen LogP contribution in [0, 0.1) is 13.8 Å². The van der Waals surface area contributed by atoms with Crippen LogP contribution in [0.1, 0.15) is 71.9 Å². The van der Waals surface area contributed by atoms with Gasteiger partial charge >= 0.3 is 14.6 Å². The van der Waals surface area contributed by atoms with E-state index < -0.39 is 38.2 Å². The molecule has 14 heteroatoms. The largest absolute Gasteiger partial charge is 0.442 e. The Hall–Kier alpha value is -3.38. The molecule has 41 heavy (non-hydrogen) atoms. The number of rotatable bonds is 10. The number of hydrogen-bond acceptors (Lipinski definition) is 9. The fourth-order valence-corrected chi connectivity index (χ4v) is 5.73. The number of halogens is 1. The second kappa shape index (κ2) is 12.2. The highest BCUT2D eigenvalue weighted by Gasteiger charge is 2.36. The second-order valence-electron chi connectivity index (χ2n) is 11.0. The number of amides is 1. The molecule has 12 nitrogen and oxygen atoms in total. The van der Waals surface area contributed by atoms with Crippen LogP contribution in [-0.4, -0.2) is 58.6 Å². The molecule has 1 aromatic carbocycles. The zero-order chi connectivity index (χ0) is 30.1. The molecule has 4 N–H and O–H groups in total. The van der Waals surface area contributed by atoms with E-state index in [1.54, 1.807) is 25.2 Å². The molecule has 1 aliphatic carbocycles. The van der Waals surface area contributed by atoms with E-state index in [-0.39, 0.29) is 43.5 Å². The number of aliphatic hydroxyl groups is 1. The average molecular weight is 592 g/mol. The van der Waals surface area contributed by atoms with Gasteiger partial charge in [-0.1, -0.05) is 19.9 Å². The third kappa shape index (κ3) is 7.10. The van der Waals surface area contributed by atoms with Crippen LogP contribution >= 0.6 is 8.60 Å². The molecule has 0 aliphatic heterocycles. The van der Waals surface area contributed by atoms with E-state index in [0.717, 1.165) is 11.1 Å². The quantitative estimate of drug-likeness (QED) is 0.204. The summed E-state index contributed by atoms with van der Waals surface area (Å²) in [4.78, 5) is 44.9. The number of aryl methyl sites for hydroxylation is 3. The normalized spacial score (nSPS) is 19.0. The minimum Gasteiger partial charge on any atom is -0.442 e. The molecular formula is C27H35FN5O7P. The molecule has 1 saturated carbocycles. The topological polar surface area (TPSA) is 161 Å². The zero-order valence-corrected chi connectivity index (χ0v) is 24.4. The molecule has 1 aliphatic rings. The number of alkyl halides is 1. The molecule has 0 spiro atoms. The first-order valence-corrected chi connectivity index (χ1v) is 14.2. The van der Waals surface area contributed by atoms with Crippen molar-refractivity contribution in [2.75, 3.05) is 5.32 Å². The maximum absolute atomic E-state index is 14.0. The summed E-state index contributed by atoms with van der Waals surface area (Å²) in [5.41, 5.74) is 2.26. The number of nitrogens with zero attached hydrogens (tertiary/aromatic N) is 4. The van der Waals surface area contributed by atoms with Gasteiger partial charge in [-0.25, -0.2) is 9.07 Å². The highest BCUT2D eigenvalue weighted by molar-refractivity contribution is 7.39. The first-order valence-electron chi connectivity index (χ1n) is 13.1. The van der Waals surface area contributed by atoms with Gasteiger partial charge in [0.25, 0.3) is 5.91 Å². The molecule has 0 bridgehead atoms. The minimum atomic E-state index is -2.66. The van der Waals surface area contributed by atoms with Crippen LogP contribution in [0.4, 0.5) is 10.2 Å². The van der Waals surface area contributed by atoms with Crippen molar-refractivity contribution in [3.63, 3.8) is 0 Å². The Bertz CT molecular complexity index is 1410. The van der Waals surface area contributed by atoms with E-state index in [9.17, 15) is 28.9 Å². The average Bonchev–Trinajstić information content (AvgIpc) is 3.55. The smallest absolute Gasteiger partial charge is 0.391 e. The lowest BCUT2D eigenvalue weighted by atomic mass is 9.78. The molecule has 0 saturated heterocycles. The number of ether oxygens (including phenoxy) is 1. The lowest BCUT2D eigenvalue weighted by Crippen LogP contribution is -2.26. The Kier molecular flexibility index (Phi) is 9.13. The summed E-state index contributed by atoms with van der Waals surface area (Å²) in [6.45, 7) is 7.01. The third-order valence-electron chi connectivity index (χ3n) is 7.20. The van der Waals surface area contributed by atoms with Crippen molar-refractivity contribution in [1.82, 2.24) is 19.6 Å². The van der Waals surface area contributed by atoms with Crippen LogP contribution in [-0.2, 0) is 28.7 Å². The van der Waals surface area contributed by atoms with Crippen molar-refractivity contribution in [1.29, 1.82) is 0 Å². The van der Waals surface area contributed by atoms with Crippen LogP contribution in [0.3, 0.4) is 0 Å². The van der Waals surface area contributed by atoms with Crippen molar-refractivity contribution < 1.29 is 38.1 Å². The Balaban J connectivity index is 1.53. The minimum absolute atomic E-state index is 0.0781. The fraction of sp³-hybridized carbons (Fsp3) is 0.481. The standard InChI is InChI=1S/C27H35FN5O7P/c1-15-8-16(2)25(22(9-15)40-41(37)38)27(3,4)13-24(35)39-14-33-23(30-26(36)20-6-7-29-32(20)5)12-19(31-33)17-10-18(28)21(34)11-17/h6-9,12,17-18,21,34,37-38H,10-11,13-14H2,1-5H3,(H,30,36). The number of anilines is 1.